The lowest BCUT2D eigenvalue weighted by atomic mass is 9.77. The molecule has 2 amide bonds. The first kappa shape index (κ1) is 29.2. The van der Waals surface area contributed by atoms with Crippen molar-refractivity contribution in [1.82, 2.24) is 15.1 Å². The molecule has 0 aromatic heterocycles. The van der Waals surface area contributed by atoms with Crippen molar-refractivity contribution in [1.29, 1.82) is 0 Å². The lowest BCUT2D eigenvalue weighted by Gasteiger charge is -2.52. The lowest BCUT2D eigenvalue weighted by molar-refractivity contribution is -0.163. The number of alkyl halides is 1. The fourth-order valence-electron chi connectivity index (χ4n) is 6.39. The van der Waals surface area contributed by atoms with Crippen LogP contribution < -0.4 is 10.1 Å². The normalized spacial score (nSPS) is 23.4. The number of nitrogens with one attached hydrogen (secondary N) is 1. The van der Waals surface area contributed by atoms with Crippen LogP contribution in [0.2, 0.25) is 0 Å². The number of carbonyl (C=O) groups is 2. The number of unbranched alkanes of at least 4 members (excludes halogenated alkanes) is 2. The molecule has 0 bridgehead atoms. The van der Waals surface area contributed by atoms with Crippen molar-refractivity contribution in [3.8, 4) is 5.75 Å². The number of hydrogen-bond acceptors (Lipinski definition) is 5. The summed E-state index contributed by atoms with van der Waals surface area (Å²) in [5.41, 5.74) is -0.513. The van der Waals surface area contributed by atoms with Crippen LogP contribution in [0.3, 0.4) is 0 Å². The highest BCUT2D eigenvalue weighted by atomic mass is 35.5. The highest BCUT2D eigenvalue weighted by molar-refractivity contribution is 6.17. The molecule has 1 spiro atoms. The number of benzene rings is 1. The topological polar surface area (TPSA) is 82.1 Å². The molecule has 38 heavy (non-hydrogen) atoms. The van der Waals surface area contributed by atoms with Crippen molar-refractivity contribution in [2.24, 2.45) is 0 Å². The van der Waals surface area contributed by atoms with Gasteiger partial charge in [0.05, 0.1) is 12.2 Å². The second-order valence-electron chi connectivity index (χ2n) is 11.6. The number of nitrogens with zero attached hydrogens (tertiary/aromatic N) is 2. The summed E-state index contributed by atoms with van der Waals surface area (Å²) in [6, 6.07) is 7.28. The zero-order valence-electron chi connectivity index (χ0n) is 23.1. The Balaban J connectivity index is 1.27. The van der Waals surface area contributed by atoms with Gasteiger partial charge in [0.15, 0.2) is 0 Å². The maximum atomic E-state index is 13.7. The first-order valence-electron chi connectivity index (χ1n) is 14.7. The molecule has 1 aromatic rings. The number of hydrogen-bond donors (Lipinski definition) is 2. The molecule has 1 atom stereocenters. The number of carbonyl (C=O) groups excluding carboxylic acids is 2. The SMILES string of the molecule is CCCCN1C(=O)[C@@H](CC2(O)CCCCC2)NC(=O)C12CCN(CCCCOc1ccc(CCl)cc1)CC2. The number of likely N-dealkylation sites (tertiary alicyclic amines) is 1. The number of ether oxygens (including phenoxy) is 1. The van der Waals surface area contributed by atoms with Crippen LogP contribution in [-0.4, -0.2) is 76.7 Å². The Hall–Kier alpha value is -1.83. The molecule has 1 saturated carbocycles. The minimum absolute atomic E-state index is 0.00160. The van der Waals surface area contributed by atoms with Gasteiger partial charge in [-0.05, 0) is 69.2 Å². The van der Waals surface area contributed by atoms with Gasteiger partial charge in [0.2, 0.25) is 11.8 Å². The van der Waals surface area contributed by atoms with E-state index in [0.29, 0.717) is 51.1 Å². The summed E-state index contributed by atoms with van der Waals surface area (Å²) in [6.45, 7) is 5.97. The minimum atomic E-state index is -0.840. The molecule has 212 valence electrons. The Morgan fingerprint density at radius 2 is 1.71 bits per heavy atom. The van der Waals surface area contributed by atoms with E-state index in [4.69, 9.17) is 16.3 Å². The third-order valence-corrected chi connectivity index (χ3v) is 9.12. The molecular weight excluding hydrogens is 502 g/mol. The van der Waals surface area contributed by atoms with Crippen molar-refractivity contribution in [2.75, 3.05) is 32.8 Å². The van der Waals surface area contributed by atoms with Gasteiger partial charge in [-0.1, -0.05) is 44.7 Å². The first-order valence-corrected chi connectivity index (χ1v) is 15.3. The van der Waals surface area contributed by atoms with Crippen LogP contribution in [0.1, 0.15) is 89.5 Å². The Morgan fingerprint density at radius 1 is 1.00 bits per heavy atom. The smallest absolute Gasteiger partial charge is 0.246 e. The summed E-state index contributed by atoms with van der Waals surface area (Å²) < 4.78 is 5.86. The Kier molecular flexibility index (Phi) is 10.4. The van der Waals surface area contributed by atoms with E-state index >= 15 is 0 Å². The molecule has 3 aliphatic rings. The van der Waals surface area contributed by atoms with E-state index in [1.807, 2.05) is 29.2 Å². The van der Waals surface area contributed by atoms with Crippen LogP contribution in [0.5, 0.6) is 5.75 Å². The molecular formula is C30H46ClN3O4. The monoisotopic (exact) mass is 547 g/mol. The van der Waals surface area contributed by atoms with E-state index in [1.165, 1.54) is 0 Å². The summed E-state index contributed by atoms with van der Waals surface area (Å²) in [6.07, 6.45) is 10.0. The Labute approximate surface area is 233 Å². The fraction of sp³-hybridized carbons (Fsp3) is 0.733. The molecule has 2 saturated heterocycles. The zero-order chi connectivity index (χ0) is 27.0. The Bertz CT molecular complexity index is 911. The standard InChI is InChI=1S/C30H46ClN3O4/c1-2-3-18-34-27(35)26(22-29(37)13-5-4-6-14-29)32-28(36)30(34)15-19-33(20-16-30)17-7-8-21-38-25-11-9-24(23-31)10-12-25/h9-12,26,37H,2-8,13-23H2,1H3,(H,32,36)/t26-/m1/s1. The Morgan fingerprint density at radius 3 is 2.37 bits per heavy atom. The summed E-state index contributed by atoms with van der Waals surface area (Å²) in [7, 11) is 0. The summed E-state index contributed by atoms with van der Waals surface area (Å²) in [5.74, 6) is 1.36. The predicted molar refractivity (Wildman–Crippen MR) is 150 cm³/mol. The van der Waals surface area contributed by atoms with Gasteiger partial charge in [-0.3, -0.25) is 9.59 Å². The van der Waals surface area contributed by atoms with Crippen LogP contribution in [0, 0.1) is 0 Å². The van der Waals surface area contributed by atoms with Crippen molar-refractivity contribution in [3.63, 3.8) is 0 Å². The quantitative estimate of drug-likeness (QED) is 0.294. The molecule has 8 heteroatoms. The van der Waals surface area contributed by atoms with Gasteiger partial charge in [0, 0.05) is 31.9 Å². The molecule has 2 heterocycles. The van der Waals surface area contributed by atoms with Crippen molar-refractivity contribution in [2.45, 2.75) is 107 Å². The highest BCUT2D eigenvalue weighted by Gasteiger charge is 2.54. The van der Waals surface area contributed by atoms with E-state index in [9.17, 15) is 14.7 Å². The largest absolute Gasteiger partial charge is 0.494 e. The molecule has 1 aliphatic carbocycles. The van der Waals surface area contributed by atoms with E-state index in [-0.39, 0.29) is 11.8 Å². The molecule has 0 unspecified atom stereocenters. The van der Waals surface area contributed by atoms with Crippen molar-refractivity contribution in [3.05, 3.63) is 29.8 Å². The molecule has 1 aromatic carbocycles. The van der Waals surface area contributed by atoms with Crippen LogP contribution in [0.4, 0.5) is 0 Å². The van der Waals surface area contributed by atoms with Crippen LogP contribution in [-0.2, 0) is 15.5 Å². The summed E-state index contributed by atoms with van der Waals surface area (Å²) in [5, 5.41) is 14.2. The fourth-order valence-corrected chi connectivity index (χ4v) is 6.57. The number of piperazine rings is 1. The van der Waals surface area contributed by atoms with Crippen LogP contribution >= 0.6 is 11.6 Å². The van der Waals surface area contributed by atoms with Gasteiger partial charge in [-0.15, -0.1) is 11.6 Å². The van der Waals surface area contributed by atoms with Gasteiger partial charge in [0.25, 0.3) is 0 Å². The average Bonchev–Trinajstić information content (AvgIpc) is 2.93. The molecule has 0 radical (unpaired) electrons. The predicted octanol–water partition coefficient (Wildman–Crippen LogP) is 4.63. The van der Waals surface area contributed by atoms with Gasteiger partial charge in [0.1, 0.15) is 17.3 Å². The number of piperidine rings is 1. The second kappa shape index (κ2) is 13.5. The number of halogens is 1. The van der Waals surface area contributed by atoms with Crippen molar-refractivity contribution < 1.29 is 19.4 Å². The second-order valence-corrected chi connectivity index (χ2v) is 11.8. The number of amides is 2. The molecule has 2 aliphatic heterocycles. The van der Waals surface area contributed by atoms with Gasteiger partial charge in [-0.2, -0.15) is 0 Å². The maximum Gasteiger partial charge on any atom is 0.246 e. The van der Waals surface area contributed by atoms with Crippen molar-refractivity contribution >= 4 is 23.4 Å². The number of aliphatic hydroxyl groups is 1. The van der Waals surface area contributed by atoms with E-state index in [0.717, 1.165) is 75.9 Å². The van der Waals surface area contributed by atoms with Crippen LogP contribution in [0.15, 0.2) is 24.3 Å². The molecule has 7 nitrogen and oxygen atoms in total. The van der Waals surface area contributed by atoms with E-state index in [2.05, 4.69) is 17.1 Å². The number of rotatable bonds is 12. The van der Waals surface area contributed by atoms with Gasteiger partial charge < -0.3 is 25.0 Å². The molecule has 4 rings (SSSR count). The van der Waals surface area contributed by atoms with E-state index < -0.39 is 17.2 Å². The first-order chi connectivity index (χ1) is 18.4. The third-order valence-electron chi connectivity index (χ3n) is 8.81. The maximum absolute atomic E-state index is 13.7. The summed E-state index contributed by atoms with van der Waals surface area (Å²) >= 11 is 5.84. The van der Waals surface area contributed by atoms with E-state index in [1.54, 1.807) is 0 Å². The summed E-state index contributed by atoms with van der Waals surface area (Å²) in [4.78, 5) is 31.6. The van der Waals surface area contributed by atoms with Gasteiger partial charge >= 0.3 is 0 Å². The van der Waals surface area contributed by atoms with Crippen LogP contribution in [0.25, 0.3) is 0 Å². The zero-order valence-corrected chi connectivity index (χ0v) is 23.8. The average molecular weight is 548 g/mol. The lowest BCUT2D eigenvalue weighted by Crippen LogP contribution is -2.73. The molecule has 3 fully saturated rings. The molecule has 2 N–H and O–H groups in total. The third kappa shape index (κ3) is 7.02. The highest BCUT2D eigenvalue weighted by Crippen LogP contribution is 2.37. The van der Waals surface area contributed by atoms with Gasteiger partial charge in [-0.25, -0.2) is 0 Å². The minimum Gasteiger partial charge on any atom is -0.494 e.